The summed E-state index contributed by atoms with van der Waals surface area (Å²) in [7, 11) is 1.32. The number of hydrogen-bond donors (Lipinski definition) is 2. The highest BCUT2D eigenvalue weighted by molar-refractivity contribution is 6.31. The fraction of sp³-hybridized carbons (Fsp3) is 0.462. The molecule has 104 valence electrons. The summed E-state index contributed by atoms with van der Waals surface area (Å²) in [6.45, 7) is 2.52. The number of anilines is 1. The number of esters is 1. The van der Waals surface area contributed by atoms with Gasteiger partial charge in [-0.2, -0.15) is 0 Å². The van der Waals surface area contributed by atoms with Crippen LogP contribution in [0.25, 0.3) is 0 Å². The van der Waals surface area contributed by atoms with Crippen LogP contribution in [0.15, 0.2) is 12.1 Å². The molecule has 0 spiro atoms. The largest absolute Gasteiger partial charge is 0.465 e. The van der Waals surface area contributed by atoms with Crippen molar-refractivity contribution in [2.45, 2.75) is 19.1 Å². The molecule has 1 heterocycles. The van der Waals surface area contributed by atoms with E-state index in [1.165, 1.54) is 7.11 Å². The van der Waals surface area contributed by atoms with Crippen LogP contribution in [0.5, 0.6) is 0 Å². The highest BCUT2D eigenvalue weighted by atomic mass is 35.5. The van der Waals surface area contributed by atoms with Gasteiger partial charge in [-0.25, -0.2) is 4.79 Å². The van der Waals surface area contributed by atoms with Gasteiger partial charge in [0.25, 0.3) is 0 Å². The molecule has 1 aromatic rings. The van der Waals surface area contributed by atoms with E-state index < -0.39 is 12.1 Å². The molecule has 0 radical (unpaired) electrons. The van der Waals surface area contributed by atoms with Crippen LogP contribution in [-0.2, 0) is 9.47 Å². The molecule has 1 saturated heterocycles. The van der Waals surface area contributed by atoms with Crippen molar-refractivity contribution in [1.82, 2.24) is 0 Å². The number of carbonyl (C=O) groups is 1. The van der Waals surface area contributed by atoms with E-state index in [2.05, 4.69) is 5.32 Å². The van der Waals surface area contributed by atoms with Crippen LogP contribution in [0.3, 0.4) is 0 Å². The van der Waals surface area contributed by atoms with Crippen LogP contribution < -0.4 is 5.32 Å². The van der Waals surface area contributed by atoms with Gasteiger partial charge in [-0.3, -0.25) is 0 Å². The molecule has 2 N–H and O–H groups in total. The van der Waals surface area contributed by atoms with Crippen LogP contribution in [0.1, 0.15) is 15.9 Å². The van der Waals surface area contributed by atoms with Crippen molar-refractivity contribution in [3.8, 4) is 0 Å². The molecule has 0 unspecified atom stereocenters. The Morgan fingerprint density at radius 2 is 2.26 bits per heavy atom. The van der Waals surface area contributed by atoms with E-state index in [1.54, 1.807) is 19.1 Å². The second-order valence-corrected chi connectivity index (χ2v) is 4.91. The van der Waals surface area contributed by atoms with E-state index in [4.69, 9.17) is 21.1 Å². The summed E-state index contributed by atoms with van der Waals surface area (Å²) in [5.74, 6) is -0.439. The normalized spacial score (nSPS) is 22.3. The van der Waals surface area contributed by atoms with Crippen LogP contribution in [0, 0.1) is 6.92 Å². The molecule has 2 rings (SSSR count). The molecule has 0 aliphatic carbocycles. The predicted molar refractivity (Wildman–Crippen MR) is 71.8 cm³/mol. The zero-order valence-corrected chi connectivity index (χ0v) is 11.5. The number of aliphatic hydroxyl groups is 1. The van der Waals surface area contributed by atoms with Crippen molar-refractivity contribution in [3.63, 3.8) is 0 Å². The Balaban J connectivity index is 2.29. The van der Waals surface area contributed by atoms with E-state index in [-0.39, 0.29) is 6.04 Å². The molecule has 2 atom stereocenters. The summed E-state index contributed by atoms with van der Waals surface area (Å²) in [4.78, 5) is 11.7. The standard InChI is InChI=1S/C13H16ClNO4/c1-7-9(13(17)18-2)3-8(14)4-10(7)15-11-5-19-6-12(11)16/h3-4,11-12,15-16H,5-6H2,1-2H3/t11-,12-/m0/s1. The van der Waals surface area contributed by atoms with Gasteiger partial charge in [0.05, 0.1) is 38.0 Å². The first-order chi connectivity index (χ1) is 9.02. The maximum Gasteiger partial charge on any atom is 0.338 e. The zero-order valence-electron chi connectivity index (χ0n) is 10.8. The molecule has 0 bridgehead atoms. The van der Waals surface area contributed by atoms with Gasteiger partial charge in [-0.05, 0) is 24.6 Å². The van der Waals surface area contributed by atoms with Crippen LogP contribution >= 0.6 is 11.6 Å². The lowest BCUT2D eigenvalue weighted by molar-refractivity contribution is 0.0600. The monoisotopic (exact) mass is 285 g/mol. The van der Waals surface area contributed by atoms with E-state index in [0.717, 1.165) is 5.56 Å². The van der Waals surface area contributed by atoms with Crippen molar-refractivity contribution in [1.29, 1.82) is 0 Å². The first-order valence-corrected chi connectivity index (χ1v) is 6.31. The first-order valence-electron chi connectivity index (χ1n) is 5.93. The zero-order chi connectivity index (χ0) is 14.0. The number of carbonyl (C=O) groups excluding carboxylic acids is 1. The minimum absolute atomic E-state index is 0.206. The maximum atomic E-state index is 11.7. The molecule has 0 aromatic heterocycles. The lowest BCUT2D eigenvalue weighted by Gasteiger charge is -2.19. The molecule has 1 aromatic carbocycles. The maximum absolute atomic E-state index is 11.7. The van der Waals surface area contributed by atoms with Crippen molar-refractivity contribution in [3.05, 3.63) is 28.3 Å². The van der Waals surface area contributed by atoms with Gasteiger partial charge in [0.1, 0.15) is 0 Å². The molecule has 6 heteroatoms. The highest BCUT2D eigenvalue weighted by Crippen LogP contribution is 2.27. The lowest BCUT2D eigenvalue weighted by Crippen LogP contribution is -2.32. The Morgan fingerprint density at radius 1 is 1.53 bits per heavy atom. The van der Waals surface area contributed by atoms with Gasteiger partial charge in [-0.1, -0.05) is 11.6 Å². The molecule has 0 saturated carbocycles. The molecule has 0 amide bonds. The molecular weight excluding hydrogens is 270 g/mol. The summed E-state index contributed by atoms with van der Waals surface area (Å²) in [5.41, 5.74) is 1.84. The summed E-state index contributed by atoms with van der Waals surface area (Å²) in [6, 6.07) is 3.08. The molecular formula is C13H16ClNO4. The first kappa shape index (κ1) is 14.1. The number of hydrogen-bond acceptors (Lipinski definition) is 5. The lowest BCUT2D eigenvalue weighted by atomic mass is 10.1. The van der Waals surface area contributed by atoms with E-state index in [0.29, 0.717) is 29.5 Å². The number of nitrogens with one attached hydrogen (secondary N) is 1. The Morgan fingerprint density at radius 3 is 2.84 bits per heavy atom. The number of aliphatic hydroxyl groups excluding tert-OH is 1. The van der Waals surface area contributed by atoms with Gasteiger partial charge < -0.3 is 19.9 Å². The Labute approximate surface area is 116 Å². The van der Waals surface area contributed by atoms with E-state index in [9.17, 15) is 9.90 Å². The van der Waals surface area contributed by atoms with Crippen LogP contribution in [0.2, 0.25) is 5.02 Å². The van der Waals surface area contributed by atoms with Crippen molar-refractivity contribution in [2.75, 3.05) is 25.6 Å². The van der Waals surface area contributed by atoms with Gasteiger partial charge in [0.2, 0.25) is 0 Å². The minimum Gasteiger partial charge on any atom is -0.465 e. The van der Waals surface area contributed by atoms with Gasteiger partial charge in [0, 0.05) is 10.7 Å². The summed E-state index contributed by atoms with van der Waals surface area (Å²) < 4.78 is 9.89. The van der Waals surface area contributed by atoms with E-state index >= 15 is 0 Å². The summed E-state index contributed by atoms with van der Waals surface area (Å²) in [6.07, 6.45) is -0.569. The summed E-state index contributed by atoms with van der Waals surface area (Å²) >= 11 is 6.00. The topological polar surface area (TPSA) is 67.8 Å². The van der Waals surface area contributed by atoms with Gasteiger partial charge in [0.15, 0.2) is 0 Å². The number of benzene rings is 1. The molecule has 1 aliphatic heterocycles. The smallest absolute Gasteiger partial charge is 0.338 e. The van der Waals surface area contributed by atoms with Gasteiger partial charge in [-0.15, -0.1) is 0 Å². The molecule has 19 heavy (non-hydrogen) atoms. The molecule has 1 aliphatic rings. The molecule has 1 fully saturated rings. The second kappa shape index (κ2) is 5.77. The van der Waals surface area contributed by atoms with E-state index in [1.807, 2.05) is 0 Å². The quantitative estimate of drug-likeness (QED) is 0.826. The van der Waals surface area contributed by atoms with Crippen LogP contribution in [0.4, 0.5) is 5.69 Å². The highest BCUT2D eigenvalue weighted by Gasteiger charge is 2.27. The fourth-order valence-electron chi connectivity index (χ4n) is 2.03. The predicted octanol–water partition coefficient (Wildman–Crippen LogP) is 1.61. The molecule has 5 nitrogen and oxygen atoms in total. The number of rotatable bonds is 3. The SMILES string of the molecule is COC(=O)c1cc(Cl)cc(N[C@H]2COC[C@@H]2O)c1C. The Hall–Kier alpha value is -1.30. The number of halogens is 1. The van der Waals surface area contributed by atoms with Crippen molar-refractivity contribution in [2.24, 2.45) is 0 Å². The number of ether oxygens (including phenoxy) is 2. The minimum atomic E-state index is -0.569. The van der Waals surface area contributed by atoms with Crippen molar-refractivity contribution >= 4 is 23.3 Å². The Bertz CT molecular complexity index is 492. The number of methoxy groups -OCH3 is 1. The second-order valence-electron chi connectivity index (χ2n) is 4.47. The third-order valence-electron chi connectivity index (χ3n) is 3.17. The average molecular weight is 286 g/mol. The Kier molecular flexibility index (Phi) is 4.29. The van der Waals surface area contributed by atoms with Gasteiger partial charge >= 0.3 is 5.97 Å². The fourth-order valence-corrected chi connectivity index (χ4v) is 2.25. The average Bonchev–Trinajstić information content (AvgIpc) is 2.78. The third kappa shape index (κ3) is 3.00. The summed E-state index contributed by atoms with van der Waals surface area (Å²) in [5, 5.41) is 13.3. The van der Waals surface area contributed by atoms with Crippen molar-refractivity contribution < 1.29 is 19.4 Å². The third-order valence-corrected chi connectivity index (χ3v) is 3.39. The van der Waals surface area contributed by atoms with Crippen LogP contribution in [-0.4, -0.2) is 43.5 Å².